The van der Waals surface area contributed by atoms with Crippen LogP contribution in [0.15, 0.2) is 57.6 Å². The van der Waals surface area contributed by atoms with Gasteiger partial charge < -0.3 is 0 Å². The van der Waals surface area contributed by atoms with Crippen LogP contribution >= 0.6 is 23.1 Å². The van der Waals surface area contributed by atoms with Crippen LogP contribution in [0.4, 0.5) is 26.3 Å². The molecule has 0 spiro atoms. The quantitative estimate of drug-likeness (QED) is 0.371. The second-order valence-electron chi connectivity index (χ2n) is 5.98. The summed E-state index contributed by atoms with van der Waals surface area (Å²) in [5.41, 5.74) is -2.55. The molecule has 0 fully saturated rings. The number of halogens is 6. The summed E-state index contributed by atoms with van der Waals surface area (Å²) in [6.07, 6.45) is -6.78. The van der Waals surface area contributed by atoms with Crippen molar-refractivity contribution in [1.29, 1.82) is 0 Å². The van der Waals surface area contributed by atoms with Gasteiger partial charge in [-0.05, 0) is 52.5 Å². The van der Waals surface area contributed by atoms with Gasteiger partial charge in [-0.15, -0.1) is 16.4 Å². The predicted molar refractivity (Wildman–Crippen MR) is 98.6 cm³/mol. The van der Waals surface area contributed by atoms with Gasteiger partial charge in [0.05, 0.1) is 28.7 Å². The third-order valence-corrected chi connectivity index (χ3v) is 5.75. The number of aromatic nitrogens is 6. The van der Waals surface area contributed by atoms with Gasteiger partial charge in [-0.1, -0.05) is 0 Å². The van der Waals surface area contributed by atoms with Crippen LogP contribution in [-0.4, -0.2) is 30.2 Å². The molecular weight excluding hydrogens is 466 g/mol. The Morgan fingerprint density at radius 2 is 1.68 bits per heavy atom. The number of hydrogen-bond acceptors (Lipinski definition) is 7. The minimum atomic E-state index is -4.94. The van der Waals surface area contributed by atoms with E-state index in [0.717, 1.165) is 23.1 Å². The van der Waals surface area contributed by atoms with E-state index in [9.17, 15) is 26.3 Å². The van der Waals surface area contributed by atoms with Crippen molar-refractivity contribution in [3.8, 4) is 16.9 Å². The molecule has 0 radical (unpaired) electrons. The Morgan fingerprint density at radius 3 is 2.29 bits per heavy atom. The van der Waals surface area contributed by atoms with Crippen molar-refractivity contribution < 1.29 is 26.3 Å². The number of rotatable bonds is 4. The lowest BCUT2D eigenvalue weighted by Gasteiger charge is -2.13. The van der Waals surface area contributed by atoms with Gasteiger partial charge in [0.25, 0.3) is 0 Å². The Balaban J connectivity index is 1.67. The maximum atomic E-state index is 13.1. The van der Waals surface area contributed by atoms with E-state index in [4.69, 9.17) is 0 Å². The zero-order valence-electron chi connectivity index (χ0n) is 14.9. The van der Waals surface area contributed by atoms with E-state index in [0.29, 0.717) is 27.3 Å². The number of hydrogen-bond donors (Lipinski definition) is 0. The topological polar surface area (TPSA) is 69.4 Å². The third-order valence-electron chi connectivity index (χ3n) is 3.88. The highest BCUT2D eigenvalue weighted by Crippen LogP contribution is 2.40. The van der Waals surface area contributed by atoms with E-state index in [-0.39, 0.29) is 17.3 Å². The zero-order valence-corrected chi connectivity index (χ0v) is 16.5. The van der Waals surface area contributed by atoms with Gasteiger partial charge in [0.1, 0.15) is 0 Å². The van der Waals surface area contributed by atoms with Crippen LogP contribution in [-0.2, 0) is 12.4 Å². The summed E-state index contributed by atoms with van der Waals surface area (Å²) >= 11 is 2.05. The molecule has 0 bridgehead atoms. The fourth-order valence-corrected chi connectivity index (χ4v) is 4.22. The van der Waals surface area contributed by atoms with Gasteiger partial charge in [-0.25, -0.2) is 4.98 Å². The highest BCUT2D eigenvalue weighted by Gasteiger charge is 2.37. The molecule has 4 aromatic rings. The average molecular weight is 474 g/mol. The molecule has 0 aliphatic carbocycles. The summed E-state index contributed by atoms with van der Waals surface area (Å²) in [6.45, 7) is 0. The Hall–Kier alpha value is -3.00. The van der Waals surface area contributed by atoms with Gasteiger partial charge in [0.15, 0.2) is 4.34 Å². The van der Waals surface area contributed by atoms with Crippen LogP contribution in [0.1, 0.15) is 11.1 Å². The lowest BCUT2D eigenvalue weighted by Crippen LogP contribution is -2.11. The zero-order chi connectivity index (χ0) is 22.2. The Morgan fingerprint density at radius 1 is 0.968 bits per heavy atom. The lowest BCUT2D eigenvalue weighted by molar-refractivity contribution is -0.143. The molecule has 14 heteroatoms. The molecule has 3 aromatic heterocycles. The van der Waals surface area contributed by atoms with E-state index in [2.05, 4.69) is 25.5 Å². The van der Waals surface area contributed by atoms with Crippen LogP contribution in [0.5, 0.6) is 0 Å². The molecule has 6 nitrogen and oxygen atoms in total. The SMILES string of the molecule is FC(F)(F)c1cc(-c2csc(Sc3nnnn3-c3cccnc3)n2)cc(C(F)(F)F)c1. The molecule has 0 aliphatic rings. The Bertz CT molecular complexity index is 1170. The Kier molecular flexibility index (Phi) is 5.43. The molecule has 0 unspecified atom stereocenters. The number of pyridine rings is 1. The van der Waals surface area contributed by atoms with Crippen molar-refractivity contribution in [3.05, 3.63) is 59.2 Å². The first-order valence-corrected chi connectivity index (χ1v) is 9.93. The molecule has 0 N–H and O–H groups in total. The summed E-state index contributed by atoms with van der Waals surface area (Å²) < 4.78 is 80.3. The first kappa shape index (κ1) is 21.2. The first-order valence-electron chi connectivity index (χ1n) is 8.23. The number of benzene rings is 1. The van der Waals surface area contributed by atoms with Crippen LogP contribution in [0.3, 0.4) is 0 Å². The predicted octanol–water partition coefficient (Wildman–Crippen LogP) is 5.37. The molecule has 0 aliphatic heterocycles. The molecule has 4 rings (SSSR count). The van der Waals surface area contributed by atoms with Crippen molar-refractivity contribution in [2.24, 2.45) is 0 Å². The van der Waals surface area contributed by atoms with Crippen molar-refractivity contribution in [3.63, 3.8) is 0 Å². The van der Waals surface area contributed by atoms with Gasteiger partial charge >= 0.3 is 12.4 Å². The van der Waals surface area contributed by atoms with Gasteiger partial charge in [0, 0.05) is 17.1 Å². The standard InChI is InChI=1S/C17H8F6N6S2/c18-16(19,20)10-4-9(5-11(6-10)17(21,22)23)13-8-30-15(25-13)31-14-26-27-28-29(14)12-2-1-3-24-7-12/h1-8H. The maximum absolute atomic E-state index is 13.1. The van der Waals surface area contributed by atoms with Gasteiger partial charge in [-0.2, -0.15) is 31.0 Å². The molecule has 0 saturated heterocycles. The molecule has 0 amide bonds. The number of tetrazole rings is 1. The fraction of sp³-hybridized carbons (Fsp3) is 0.118. The van der Waals surface area contributed by atoms with Crippen LogP contribution in [0, 0.1) is 0 Å². The molecule has 0 saturated carbocycles. The summed E-state index contributed by atoms with van der Waals surface area (Å²) in [4.78, 5) is 8.12. The van der Waals surface area contributed by atoms with E-state index in [1.54, 1.807) is 18.3 Å². The van der Waals surface area contributed by atoms with Crippen molar-refractivity contribution in [1.82, 2.24) is 30.2 Å². The second kappa shape index (κ2) is 7.92. The van der Waals surface area contributed by atoms with Crippen LogP contribution < -0.4 is 0 Å². The van der Waals surface area contributed by atoms with E-state index in [1.165, 1.54) is 16.3 Å². The molecular formula is C17H8F6N6S2. The largest absolute Gasteiger partial charge is 0.416 e. The molecule has 1 aromatic carbocycles. The third kappa shape index (κ3) is 4.69. The van der Waals surface area contributed by atoms with Crippen molar-refractivity contribution in [2.45, 2.75) is 21.8 Å². The first-order chi connectivity index (χ1) is 14.6. The summed E-state index contributed by atoms with van der Waals surface area (Å²) in [6, 6.07) is 4.74. The highest BCUT2D eigenvalue weighted by atomic mass is 32.2. The monoisotopic (exact) mass is 474 g/mol. The number of nitrogens with zero attached hydrogens (tertiary/aromatic N) is 6. The van der Waals surface area contributed by atoms with Crippen LogP contribution in [0.2, 0.25) is 0 Å². The van der Waals surface area contributed by atoms with Gasteiger partial charge in [-0.3, -0.25) is 4.98 Å². The molecule has 0 atom stereocenters. The normalized spacial score (nSPS) is 12.3. The summed E-state index contributed by atoms with van der Waals surface area (Å²) in [5.74, 6) is 0. The highest BCUT2D eigenvalue weighted by molar-refractivity contribution is 8.00. The minimum Gasteiger partial charge on any atom is -0.262 e. The minimum absolute atomic E-state index is 0.0236. The Labute approximate surface area is 178 Å². The smallest absolute Gasteiger partial charge is 0.262 e. The summed E-state index contributed by atoms with van der Waals surface area (Å²) in [7, 11) is 0. The van der Waals surface area contributed by atoms with Crippen molar-refractivity contribution >= 4 is 23.1 Å². The lowest BCUT2D eigenvalue weighted by atomic mass is 10.0. The second-order valence-corrected chi connectivity index (χ2v) is 8.05. The average Bonchev–Trinajstić information content (AvgIpc) is 3.37. The van der Waals surface area contributed by atoms with Crippen LogP contribution in [0.25, 0.3) is 16.9 Å². The molecule has 31 heavy (non-hydrogen) atoms. The number of thiazole rings is 1. The van der Waals surface area contributed by atoms with Gasteiger partial charge in [0.2, 0.25) is 5.16 Å². The van der Waals surface area contributed by atoms with E-state index in [1.807, 2.05) is 0 Å². The fourth-order valence-electron chi connectivity index (χ4n) is 2.50. The summed E-state index contributed by atoms with van der Waals surface area (Å²) in [5, 5.41) is 13.0. The van der Waals surface area contributed by atoms with E-state index >= 15 is 0 Å². The maximum Gasteiger partial charge on any atom is 0.416 e. The molecule has 160 valence electrons. The van der Waals surface area contributed by atoms with Crippen molar-refractivity contribution in [2.75, 3.05) is 0 Å². The van der Waals surface area contributed by atoms with E-state index < -0.39 is 23.5 Å². The number of alkyl halides is 6. The molecule has 3 heterocycles.